The van der Waals surface area contributed by atoms with Gasteiger partial charge >= 0.3 is 5.97 Å². The summed E-state index contributed by atoms with van der Waals surface area (Å²) >= 11 is 0. The number of ketones is 1. The fraction of sp³-hybridized carbons (Fsp3) is 0.222. The van der Waals surface area contributed by atoms with E-state index in [-0.39, 0.29) is 32.1 Å². The molecule has 0 bridgehead atoms. The van der Waals surface area contributed by atoms with Gasteiger partial charge in [0.05, 0.1) is 6.61 Å². The van der Waals surface area contributed by atoms with Crippen LogP contribution in [0.2, 0.25) is 0 Å². The van der Waals surface area contributed by atoms with Crippen molar-refractivity contribution in [1.29, 1.82) is 0 Å². The van der Waals surface area contributed by atoms with Crippen LogP contribution in [0.15, 0.2) is 54.9 Å². The number of carbonyl (C=O) groups is 3. The number of hydrogen-bond donors (Lipinski definition) is 0. The summed E-state index contributed by atoms with van der Waals surface area (Å²) in [5, 5.41) is 0. The van der Waals surface area contributed by atoms with E-state index in [1.807, 2.05) is 6.07 Å². The minimum atomic E-state index is -0.508. The number of Topliss-reactive ketones (excluding diaryl/α,β-unsaturated/α-hetero) is 1. The third-order valence-electron chi connectivity index (χ3n) is 3.16. The fourth-order valence-corrected chi connectivity index (χ4v) is 2.03. The van der Waals surface area contributed by atoms with Crippen molar-refractivity contribution < 1.29 is 28.4 Å². The smallest absolute Gasteiger partial charge is 0.344 e. The number of esters is 1. The lowest BCUT2D eigenvalue weighted by atomic mass is 10.1. The van der Waals surface area contributed by atoms with Crippen molar-refractivity contribution in [3.8, 4) is 0 Å². The molecule has 0 unspecified atom stereocenters. The number of hydrogen-bond acceptors (Lipinski definition) is 5. The largest absolute Gasteiger partial charge is 0.459 e. The Kier molecular flexibility index (Phi) is 6.79. The van der Waals surface area contributed by atoms with Crippen LogP contribution in [0, 0.1) is 0 Å². The molecule has 0 spiro atoms. The summed E-state index contributed by atoms with van der Waals surface area (Å²) in [6.07, 6.45) is 3.91. The number of benzene rings is 1. The summed E-state index contributed by atoms with van der Waals surface area (Å²) in [5.74, 6) is -0.556. The summed E-state index contributed by atoms with van der Waals surface area (Å²) in [7, 11) is 0. The molecule has 0 aliphatic rings. The zero-order valence-electron chi connectivity index (χ0n) is 13.1. The van der Waals surface area contributed by atoms with Gasteiger partial charge in [-0.25, -0.2) is 4.79 Å². The number of rotatable bonds is 9. The van der Waals surface area contributed by atoms with Gasteiger partial charge in [0.2, 0.25) is 12.3 Å². The highest BCUT2D eigenvalue weighted by molar-refractivity contribution is 5.95. The number of pyridine rings is 1. The van der Waals surface area contributed by atoms with E-state index in [1.54, 1.807) is 53.4 Å². The molecule has 24 heavy (non-hydrogen) atoms. The number of nitrogens with zero attached hydrogens (tertiary/aromatic N) is 1. The van der Waals surface area contributed by atoms with Crippen LogP contribution in [0.4, 0.5) is 0 Å². The summed E-state index contributed by atoms with van der Waals surface area (Å²) in [5.41, 5.74) is 0.957. The molecule has 6 nitrogen and oxygen atoms in total. The van der Waals surface area contributed by atoms with Gasteiger partial charge in [0.1, 0.15) is 25.1 Å². The monoisotopic (exact) mass is 328 g/mol. The Morgan fingerprint density at radius 2 is 1.75 bits per heavy atom. The van der Waals surface area contributed by atoms with Crippen molar-refractivity contribution in [2.24, 2.45) is 0 Å². The maximum Gasteiger partial charge on any atom is 0.344 e. The van der Waals surface area contributed by atoms with Crippen molar-refractivity contribution in [2.45, 2.75) is 6.54 Å². The van der Waals surface area contributed by atoms with Crippen LogP contribution >= 0.6 is 0 Å². The first-order valence-electron chi connectivity index (χ1n) is 7.46. The predicted molar refractivity (Wildman–Crippen MR) is 84.6 cm³/mol. The summed E-state index contributed by atoms with van der Waals surface area (Å²) in [4.78, 5) is 34.2. The topological polar surface area (TPSA) is 73.6 Å². The van der Waals surface area contributed by atoms with Crippen LogP contribution in [0.25, 0.3) is 0 Å². The maximum absolute atomic E-state index is 12.2. The highest BCUT2D eigenvalue weighted by Crippen LogP contribution is 2.01. The molecule has 0 aliphatic carbocycles. The summed E-state index contributed by atoms with van der Waals surface area (Å²) in [6, 6.07) is 12.2. The molecular formula is C18H18NO5+. The van der Waals surface area contributed by atoms with Gasteiger partial charge < -0.3 is 14.3 Å². The van der Waals surface area contributed by atoms with E-state index in [0.717, 1.165) is 0 Å². The molecule has 1 aromatic carbocycles. The van der Waals surface area contributed by atoms with Crippen LogP contribution in [0.3, 0.4) is 0 Å². The molecule has 1 heterocycles. The third kappa shape index (κ3) is 5.40. The van der Waals surface area contributed by atoms with Crippen LogP contribution in [0.5, 0.6) is 0 Å². The van der Waals surface area contributed by atoms with Gasteiger partial charge in [-0.3, -0.25) is 4.79 Å². The number of aldehydes is 1. The van der Waals surface area contributed by atoms with Crippen LogP contribution in [-0.4, -0.2) is 37.9 Å². The van der Waals surface area contributed by atoms with Crippen molar-refractivity contribution in [2.75, 3.05) is 19.8 Å². The molecule has 0 aliphatic heterocycles. The molecule has 0 saturated carbocycles. The van der Waals surface area contributed by atoms with E-state index in [0.29, 0.717) is 17.4 Å². The van der Waals surface area contributed by atoms with Gasteiger partial charge in [0.15, 0.2) is 12.4 Å². The molecule has 6 heteroatoms. The van der Waals surface area contributed by atoms with Crippen LogP contribution in [0.1, 0.15) is 20.7 Å². The molecule has 0 saturated heterocycles. The van der Waals surface area contributed by atoms with Crippen LogP contribution < -0.4 is 4.57 Å². The van der Waals surface area contributed by atoms with Crippen LogP contribution in [-0.2, 0) is 20.8 Å². The molecule has 0 radical (unpaired) electrons. The summed E-state index contributed by atoms with van der Waals surface area (Å²) < 4.78 is 11.6. The molecule has 0 N–H and O–H groups in total. The van der Waals surface area contributed by atoms with Gasteiger partial charge in [-0.1, -0.05) is 30.3 Å². The molecule has 0 fully saturated rings. The Hall–Kier alpha value is -2.86. The Morgan fingerprint density at radius 3 is 2.50 bits per heavy atom. The number of carbonyl (C=O) groups excluding carboxylic acids is 3. The predicted octanol–water partition coefficient (Wildman–Crippen LogP) is 1.23. The SMILES string of the molecule is O=CCOCCOC(=O)c1ccc[n+](CC(=O)c2ccccc2)c1. The molecule has 2 rings (SSSR count). The van der Waals surface area contributed by atoms with Crippen molar-refractivity contribution in [3.05, 3.63) is 66.0 Å². The van der Waals surface area contributed by atoms with E-state index < -0.39 is 5.97 Å². The first-order chi connectivity index (χ1) is 11.7. The molecule has 1 aromatic heterocycles. The lowest BCUT2D eigenvalue weighted by Gasteiger charge is -2.04. The highest BCUT2D eigenvalue weighted by atomic mass is 16.6. The Bertz CT molecular complexity index is 700. The van der Waals surface area contributed by atoms with Crippen molar-refractivity contribution in [1.82, 2.24) is 0 Å². The Balaban J connectivity index is 1.92. The van der Waals surface area contributed by atoms with E-state index in [9.17, 15) is 14.4 Å². The first kappa shape index (κ1) is 17.5. The maximum atomic E-state index is 12.2. The van der Waals surface area contributed by atoms with Gasteiger partial charge in [-0.2, -0.15) is 4.57 Å². The van der Waals surface area contributed by atoms with Gasteiger partial charge in [0.25, 0.3) is 0 Å². The minimum Gasteiger partial charge on any atom is -0.459 e. The third-order valence-corrected chi connectivity index (χ3v) is 3.16. The average Bonchev–Trinajstić information content (AvgIpc) is 2.62. The lowest BCUT2D eigenvalue weighted by molar-refractivity contribution is -0.683. The number of ether oxygens (including phenoxy) is 2. The Labute approximate surface area is 139 Å². The van der Waals surface area contributed by atoms with Gasteiger partial charge in [-0.15, -0.1) is 0 Å². The molecular weight excluding hydrogens is 310 g/mol. The standard InChI is InChI=1S/C18H18NO5/c20-9-10-23-11-12-24-18(22)16-7-4-8-19(13-16)14-17(21)15-5-2-1-3-6-15/h1-9,13H,10-12,14H2/q+1. The quantitative estimate of drug-likeness (QED) is 0.228. The first-order valence-corrected chi connectivity index (χ1v) is 7.46. The van der Waals surface area contributed by atoms with E-state index >= 15 is 0 Å². The zero-order valence-corrected chi connectivity index (χ0v) is 13.1. The van der Waals surface area contributed by atoms with E-state index in [4.69, 9.17) is 9.47 Å². The zero-order chi connectivity index (χ0) is 17.2. The van der Waals surface area contributed by atoms with E-state index in [1.165, 1.54) is 0 Å². The van der Waals surface area contributed by atoms with Crippen molar-refractivity contribution in [3.63, 3.8) is 0 Å². The average molecular weight is 328 g/mol. The molecule has 0 atom stereocenters. The van der Waals surface area contributed by atoms with Crippen molar-refractivity contribution >= 4 is 18.0 Å². The molecule has 124 valence electrons. The minimum absolute atomic E-state index is 0.0233. The lowest BCUT2D eigenvalue weighted by Crippen LogP contribution is -2.38. The van der Waals surface area contributed by atoms with E-state index in [2.05, 4.69) is 0 Å². The second-order valence-electron chi connectivity index (χ2n) is 4.93. The highest BCUT2D eigenvalue weighted by Gasteiger charge is 2.15. The van der Waals surface area contributed by atoms with Gasteiger partial charge in [-0.05, 0) is 6.07 Å². The summed E-state index contributed by atoms with van der Waals surface area (Å²) in [6.45, 7) is 0.326. The fourth-order valence-electron chi connectivity index (χ4n) is 2.03. The normalized spacial score (nSPS) is 10.2. The Morgan fingerprint density at radius 1 is 1.00 bits per heavy atom. The molecule has 0 amide bonds. The van der Waals surface area contributed by atoms with Gasteiger partial charge in [0, 0.05) is 11.6 Å². The number of aromatic nitrogens is 1. The second kappa shape index (κ2) is 9.32. The second-order valence-corrected chi connectivity index (χ2v) is 4.93. The molecule has 2 aromatic rings.